The maximum Gasteiger partial charge on any atom is 0.327 e. The molecule has 34 heavy (non-hydrogen) atoms. The monoisotopic (exact) mass is 470 g/mol. The molecule has 10 heteroatoms. The van der Waals surface area contributed by atoms with E-state index in [1.165, 1.54) is 4.90 Å². The van der Waals surface area contributed by atoms with Crippen LogP contribution in [0.4, 0.5) is 4.79 Å². The van der Waals surface area contributed by atoms with Crippen LogP contribution >= 0.6 is 0 Å². The average molecular weight is 471 g/mol. The summed E-state index contributed by atoms with van der Waals surface area (Å²) in [4.78, 5) is 57.7. The Morgan fingerprint density at radius 3 is 2.32 bits per heavy atom. The Balaban J connectivity index is 1.15. The fourth-order valence-corrected chi connectivity index (χ4v) is 5.43. The Morgan fingerprint density at radius 2 is 1.62 bits per heavy atom. The van der Waals surface area contributed by atoms with Crippen molar-refractivity contribution in [3.8, 4) is 11.5 Å². The van der Waals surface area contributed by atoms with Gasteiger partial charge < -0.3 is 24.2 Å². The van der Waals surface area contributed by atoms with E-state index in [0.717, 1.165) is 24.2 Å². The zero-order valence-electron chi connectivity index (χ0n) is 19.4. The number of fused-ring (bicyclic) bond motifs is 1. The molecule has 5 amide bonds. The first kappa shape index (κ1) is 22.5. The van der Waals surface area contributed by atoms with Crippen LogP contribution in [0.5, 0.6) is 11.5 Å². The number of carbonyl (C=O) groups excluding carboxylic acids is 4. The lowest BCUT2D eigenvalue weighted by Crippen LogP contribution is -2.56. The third-order valence-electron chi connectivity index (χ3n) is 7.51. The molecule has 0 aromatic heterocycles. The number of ether oxygens (including phenoxy) is 2. The number of urea groups is 1. The van der Waals surface area contributed by atoms with E-state index in [0.29, 0.717) is 50.5 Å². The largest absolute Gasteiger partial charge is 0.485 e. The summed E-state index contributed by atoms with van der Waals surface area (Å²) in [6, 6.07) is 6.83. The zero-order chi connectivity index (χ0) is 23.9. The minimum Gasteiger partial charge on any atom is -0.485 e. The van der Waals surface area contributed by atoms with Gasteiger partial charge in [0.05, 0.1) is 0 Å². The Labute approximate surface area is 198 Å². The molecule has 2 saturated heterocycles. The summed E-state index contributed by atoms with van der Waals surface area (Å²) in [5.74, 6) is 0.459. The van der Waals surface area contributed by atoms with Crippen LogP contribution in [-0.4, -0.2) is 101 Å². The van der Waals surface area contributed by atoms with E-state index in [2.05, 4.69) is 0 Å². The van der Waals surface area contributed by atoms with Gasteiger partial charge in [-0.1, -0.05) is 31.4 Å². The van der Waals surface area contributed by atoms with Gasteiger partial charge in [0.15, 0.2) is 11.5 Å². The number of hydrogen-bond acceptors (Lipinski definition) is 6. The number of rotatable bonds is 3. The number of piperazine rings is 1. The van der Waals surface area contributed by atoms with Gasteiger partial charge in [-0.15, -0.1) is 0 Å². The molecule has 4 aliphatic rings. The normalized spacial score (nSPS) is 24.1. The highest BCUT2D eigenvalue weighted by atomic mass is 16.6. The van der Waals surface area contributed by atoms with Crippen LogP contribution in [0.3, 0.4) is 0 Å². The molecule has 1 aromatic carbocycles. The van der Waals surface area contributed by atoms with Gasteiger partial charge in [-0.2, -0.15) is 0 Å². The molecule has 182 valence electrons. The number of carbonyl (C=O) groups is 4. The summed E-state index contributed by atoms with van der Waals surface area (Å²) < 4.78 is 11.5. The maximum atomic E-state index is 13.1. The summed E-state index contributed by atoms with van der Waals surface area (Å²) in [5.41, 5.74) is -0.790. The molecule has 3 fully saturated rings. The van der Waals surface area contributed by atoms with Crippen molar-refractivity contribution in [1.29, 1.82) is 0 Å². The van der Waals surface area contributed by atoms with Crippen molar-refractivity contribution in [2.75, 3.05) is 46.4 Å². The van der Waals surface area contributed by atoms with E-state index in [-0.39, 0.29) is 30.9 Å². The first-order chi connectivity index (χ1) is 16.4. The number of imide groups is 1. The second kappa shape index (κ2) is 8.81. The van der Waals surface area contributed by atoms with E-state index in [4.69, 9.17) is 9.47 Å². The minimum absolute atomic E-state index is 0.142. The molecular formula is C24H30N4O6. The lowest BCUT2D eigenvalue weighted by molar-refractivity contribution is -0.147. The molecule has 0 N–H and O–H groups in total. The molecular weight excluding hydrogens is 440 g/mol. The Bertz CT molecular complexity index is 999. The number of hydrogen-bond donors (Lipinski definition) is 0. The summed E-state index contributed by atoms with van der Waals surface area (Å²) in [6.07, 6.45) is 3.45. The Kier molecular flexibility index (Phi) is 5.83. The van der Waals surface area contributed by atoms with Crippen LogP contribution in [0, 0.1) is 0 Å². The summed E-state index contributed by atoms with van der Waals surface area (Å²) in [6.45, 7) is 1.28. The molecule has 1 aromatic rings. The summed E-state index contributed by atoms with van der Waals surface area (Å²) in [7, 11) is 1.66. The average Bonchev–Trinajstić information content (AvgIpc) is 3.04. The molecule has 0 bridgehead atoms. The van der Waals surface area contributed by atoms with Crippen LogP contribution in [0.25, 0.3) is 0 Å². The number of amides is 5. The van der Waals surface area contributed by atoms with Crippen LogP contribution in [-0.2, 0) is 14.4 Å². The first-order valence-corrected chi connectivity index (χ1v) is 12.0. The van der Waals surface area contributed by atoms with Gasteiger partial charge >= 0.3 is 6.03 Å². The predicted molar refractivity (Wildman–Crippen MR) is 120 cm³/mol. The number of nitrogens with zero attached hydrogens (tertiary/aromatic N) is 4. The van der Waals surface area contributed by atoms with Crippen LogP contribution < -0.4 is 9.47 Å². The minimum atomic E-state index is -0.790. The van der Waals surface area contributed by atoms with Crippen LogP contribution in [0.2, 0.25) is 0 Å². The Hall–Kier alpha value is -3.30. The second-order valence-electron chi connectivity index (χ2n) is 9.40. The quantitative estimate of drug-likeness (QED) is 0.614. The number of para-hydroxylation sites is 2. The highest BCUT2D eigenvalue weighted by Crippen LogP contribution is 2.39. The molecule has 1 atom stereocenters. The smallest absolute Gasteiger partial charge is 0.327 e. The van der Waals surface area contributed by atoms with Crippen molar-refractivity contribution in [2.45, 2.75) is 43.7 Å². The highest BCUT2D eigenvalue weighted by molar-refractivity contribution is 6.09. The first-order valence-electron chi connectivity index (χ1n) is 12.0. The van der Waals surface area contributed by atoms with Crippen molar-refractivity contribution in [2.24, 2.45) is 0 Å². The fraction of sp³-hybridized carbons (Fsp3) is 0.583. The Morgan fingerprint density at radius 1 is 0.971 bits per heavy atom. The van der Waals surface area contributed by atoms with Gasteiger partial charge in [0, 0.05) is 33.2 Å². The molecule has 1 aliphatic carbocycles. The molecule has 3 heterocycles. The SMILES string of the molecule is CN1C(=O)N(CC(=O)N2CCN(C(=O)C3COc4ccccc4O3)CC2)C(=O)C12CCCCC2. The van der Waals surface area contributed by atoms with Crippen molar-refractivity contribution < 1.29 is 28.7 Å². The van der Waals surface area contributed by atoms with Crippen LogP contribution in [0.15, 0.2) is 24.3 Å². The van der Waals surface area contributed by atoms with Crippen molar-refractivity contribution in [3.05, 3.63) is 24.3 Å². The topological polar surface area (TPSA) is 99.7 Å². The molecule has 3 aliphatic heterocycles. The second-order valence-corrected chi connectivity index (χ2v) is 9.40. The summed E-state index contributed by atoms with van der Waals surface area (Å²) >= 11 is 0. The van der Waals surface area contributed by atoms with Gasteiger partial charge in [0.25, 0.3) is 11.8 Å². The van der Waals surface area contributed by atoms with Gasteiger partial charge in [-0.05, 0) is 25.0 Å². The standard InChI is InChI=1S/C24H30N4O6/c1-25-23(32)28(22(31)24(25)9-5-2-6-10-24)15-20(29)26-11-13-27(14-12-26)21(30)19-16-33-17-7-3-4-8-18(17)34-19/h3-4,7-8,19H,2,5-6,9-16H2,1H3. The molecule has 0 radical (unpaired) electrons. The number of benzene rings is 1. The van der Waals surface area contributed by atoms with Crippen LogP contribution in [0.1, 0.15) is 32.1 Å². The third kappa shape index (κ3) is 3.74. The van der Waals surface area contributed by atoms with E-state index < -0.39 is 17.7 Å². The predicted octanol–water partition coefficient (Wildman–Crippen LogP) is 1.09. The van der Waals surface area contributed by atoms with Crippen molar-refractivity contribution in [3.63, 3.8) is 0 Å². The highest BCUT2D eigenvalue weighted by Gasteiger charge is 2.56. The zero-order valence-corrected chi connectivity index (χ0v) is 19.4. The van der Waals surface area contributed by atoms with Gasteiger partial charge in [0.1, 0.15) is 18.7 Å². The lowest BCUT2D eigenvalue weighted by Gasteiger charge is -2.37. The number of likely N-dealkylation sites (N-methyl/N-ethyl adjacent to an activating group) is 1. The van der Waals surface area contributed by atoms with Crippen molar-refractivity contribution >= 4 is 23.8 Å². The molecule has 1 unspecified atom stereocenters. The van der Waals surface area contributed by atoms with Crippen molar-refractivity contribution in [1.82, 2.24) is 19.6 Å². The van der Waals surface area contributed by atoms with Gasteiger partial charge in [0.2, 0.25) is 12.0 Å². The van der Waals surface area contributed by atoms with E-state index in [1.54, 1.807) is 29.0 Å². The molecule has 1 saturated carbocycles. The van der Waals surface area contributed by atoms with E-state index in [9.17, 15) is 19.2 Å². The maximum absolute atomic E-state index is 13.1. The van der Waals surface area contributed by atoms with Gasteiger partial charge in [-0.3, -0.25) is 19.3 Å². The lowest BCUT2D eigenvalue weighted by atomic mass is 9.81. The fourth-order valence-electron chi connectivity index (χ4n) is 5.43. The van der Waals surface area contributed by atoms with Gasteiger partial charge in [-0.25, -0.2) is 4.79 Å². The third-order valence-corrected chi connectivity index (χ3v) is 7.51. The van der Waals surface area contributed by atoms with E-state index in [1.807, 2.05) is 12.1 Å². The van der Waals surface area contributed by atoms with E-state index >= 15 is 0 Å². The molecule has 10 nitrogen and oxygen atoms in total. The summed E-state index contributed by atoms with van der Waals surface area (Å²) in [5, 5.41) is 0. The molecule has 1 spiro atoms. The molecule has 5 rings (SSSR count).